The summed E-state index contributed by atoms with van der Waals surface area (Å²) in [7, 11) is 0. The third-order valence-corrected chi connectivity index (χ3v) is 5.06. The fraction of sp³-hybridized carbons (Fsp3) is 0.294. The first kappa shape index (κ1) is 15.0. The van der Waals surface area contributed by atoms with Gasteiger partial charge in [0.1, 0.15) is 0 Å². The van der Waals surface area contributed by atoms with Gasteiger partial charge in [0.15, 0.2) is 5.13 Å². The second kappa shape index (κ2) is 6.52. The van der Waals surface area contributed by atoms with Crippen LogP contribution in [-0.4, -0.2) is 32.3 Å². The fourth-order valence-electron chi connectivity index (χ4n) is 3.08. The van der Waals surface area contributed by atoms with Crippen LogP contribution in [-0.2, 0) is 6.54 Å². The topological polar surface area (TPSA) is 63.9 Å². The molecule has 0 bridgehead atoms. The van der Waals surface area contributed by atoms with Crippen molar-refractivity contribution in [2.75, 3.05) is 11.4 Å². The Bertz CT molecular complexity index is 862. The monoisotopic (exact) mass is 339 g/mol. The SMILES string of the molecule is O=c1ccc(-c2cccnc2)nn1CC1CCCN1c1nccs1. The number of rotatable bonds is 4. The first-order valence-electron chi connectivity index (χ1n) is 7.96. The van der Waals surface area contributed by atoms with Crippen molar-refractivity contribution in [1.82, 2.24) is 19.7 Å². The van der Waals surface area contributed by atoms with Crippen LogP contribution in [0.5, 0.6) is 0 Å². The average Bonchev–Trinajstić information content (AvgIpc) is 3.29. The van der Waals surface area contributed by atoms with Crippen LogP contribution in [0, 0.1) is 0 Å². The molecule has 1 saturated heterocycles. The lowest BCUT2D eigenvalue weighted by Gasteiger charge is -2.24. The molecule has 122 valence electrons. The maximum atomic E-state index is 12.2. The van der Waals surface area contributed by atoms with Crippen molar-refractivity contribution in [1.29, 1.82) is 0 Å². The molecule has 4 heterocycles. The second-order valence-corrected chi connectivity index (χ2v) is 6.66. The lowest BCUT2D eigenvalue weighted by Crippen LogP contribution is -2.37. The zero-order valence-electron chi connectivity index (χ0n) is 13.1. The Morgan fingerprint density at radius 1 is 1.25 bits per heavy atom. The lowest BCUT2D eigenvalue weighted by molar-refractivity contribution is 0.490. The summed E-state index contributed by atoms with van der Waals surface area (Å²) in [5.41, 5.74) is 1.60. The highest BCUT2D eigenvalue weighted by Gasteiger charge is 2.27. The standard InChI is InChI=1S/C17H17N5OS/c23-16-6-5-15(13-3-1-7-18-11-13)20-22(16)12-14-4-2-9-21(14)17-19-8-10-24-17/h1,3,5-8,10-11,14H,2,4,9,12H2. The van der Waals surface area contributed by atoms with E-state index in [2.05, 4.69) is 20.0 Å². The molecule has 0 saturated carbocycles. The first-order chi connectivity index (χ1) is 11.8. The predicted octanol–water partition coefficient (Wildman–Crippen LogP) is 2.43. The van der Waals surface area contributed by atoms with Crippen molar-refractivity contribution >= 4 is 16.5 Å². The Labute approximate surface area is 143 Å². The number of pyridine rings is 1. The van der Waals surface area contributed by atoms with Gasteiger partial charge in [0, 0.05) is 42.1 Å². The molecule has 3 aromatic heterocycles. The molecule has 0 aromatic carbocycles. The van der Waals surface area contributed by atoms with Crippen LogP contribution in [0.4, 0.5) is 5.13 Å². The van der Waals surface area contributed by atoms with Crippen molar-refractivity contribution in [3.63, 3.8) is 0 Å². The quantitative estimate of drug-likeness (QED) is 0.730. The summed E-state index contributed by atoms with van der Waals surface area (Å²) >= 11 is 1.64. The van der Waals surface area contributed by atoms with Crippen LogP contribution in [0.25, 0.3) is 11.3 Å². The van der Waals surface area contributed by atoms with E-state index in [0.717, 1.165) is 35.8 Å². The highest BCUT2D eigenvalue weighted by Crippen LogP contribution is 2.27. The molecule has 24 heavy (non-hydrogen) atoms. The van der Waals surface area contributed by atoms with Crippen LogP contribution in [0.2, 0.25) is 0 Å². The molecule has 6 nitrogen and oxygen atoms in total. The minimum Gasteiger partial charge on any atom is -0.343 e. The van der Waals surface area contributed by atoms with Crippen molar-refractivity contribution in [3.8, 4) is 11.3 Å². The van der Waals surface area contributed by atoms with Gasteiger partial charge in [-0.15, -0.1) is 11.3 Å². The molecule has 1 aliphatic heterocycles. The van der Waals surface area contributed by atoms with E-state index in [1.165, 1.54) is 0 Å². The molecular formula is C17H17N5OS. The molecule has 1 fully saturated rings. The zero-order chi connectivity index (χ0) is 16.4. The van der Waals surface area contributed by atoms with Gasteiger partial charge in [0.25, 0.3) is 5.56 Å². The Morgan fingerprint density at radius 3 is 3.00 bits per heavy atom. The second-order valence-electron chi connectivity index (χ2n) is 5.78. The average molecular weight is 339 g/mol. The van der Waals surface area contributed by atoms with E-state index in [-0.39, 0.29) is 11.6 Å². The summed E-state index contributed by atoms with van der Waals surface area (Å²) in [4.78, 5) is 23.1. The molecule has 0 aliphatic carbocycles. The van der Waals surface area contributed by atoms with Gasteiger partial charge in [0.2, 0.25) is 0 Å². The molecule has 1 aliphatic rings. The Kier molecular flexibility index (Phi) is 4.08. The minimum atomic E-state index is -0.0753. The van der Waals surface area contributed by atoms with E-state index in [4.69, 9.17) is 0 Å². The summed E-state index contributed by atoms with van der Waals surface area (Å²) in [6.07, 6.45) is 7.47. The fourth-order valence-corrected chi connectivity index (χ4v) is 3.82. The number of hydrogen-bond donors (Lipinski definition) is 0. The van der Waals surface area contributed by atoms with Crippen LogP contribution in [0.15, 0.2) is 53.0 Å². The van der Waals surface area contributed by atoms with Crippen LogP contribution >= 0.6 is 11.3 Å². The number of aromatic nitrogens is 4. The Hall–Kier alpha value is -2.54. The summed E-state index contributed by atoms with van der Waals surface area (Å²) in [6.45, 7) is 1.56. The van der Waals surface area contributed by atoms with Gasteiger partial charge in [-0.2, -0.15) is 5.10 Å². The minimum absolute atomic E-state index is 0.0753. The molecule has 0 radical (unpaired) electrons. The summed E-state index contributed by atoms with van der Waals surface area (Å²) in [6, 6.07) is 7.40. The lowest BCUT2D eigenvalue weighted by atomic mass is 10.2. The molecular weight excluding hydrogens is 322 g/mol. The highest BCUT2D eigenvalue weighted by molar-refractivity contribution is 7.13. The summed E-state index contributed by atoms with van der Waals surface area (Å²) in [5.74, 6) is 0. The number of nitrogens with zero attached hydrogens (tertiary/aromatic N) is 5. The van der Waals surface area contributed by atoms with E-state index >= 15 is 0 Å². The maximum Gasteiger partial charge on any atom is 0.266 e. The van der Waals surface area contributed by atoms with E-state index in [1.807, 2.05) is 23.7 Å². The van der Waals surface area contributed by atoms with Crippen molar-refractivity contribution in [2.45, 2.75) is 25.4 Å². The molecule has 7 heteroatoms. The molecule has 4 rings (SSSR count). The highest BCUT2D eigenvalue weighted by atomic mass is 32.1. The summed E-state index contributed by atoms with van der Waals surface area (Å²) < 4.78 is 1.57. The van der Waals surface area contributed by atoms with E-state index < -0.39 is 0 Å². The maximum absolute atomic E-state index is 12.2. The van der Waals surface area contributed by atoms with Gasteiger partial charge in [-0.1, -0.05) is 0 Å². The smallest absolute Gasteiger partial charge is 0.266 e. The van der Waals surface area contributed by atoms with Crippen molar-refractivity contribution in [2.24, 2.45) is 0 Å². The van der Waals surface area contributed by atoms with Gasteiger partial charge in [-0.3, -0.25) is 9.78 Å². The van der Waals surface area contributed by atoms with E-state index in [0.29, 0.717) is 6.54 Å². The van der Waals surface area contributed by atoms with E-state index in [1.54, 1.807) is 40.5 Å². The Balaban J connectivity index is 1.61. The van der Waals surface area contributed by atoms with Gasteiger partial charge < -0.3 is 4.90 Å². The molecule has 1 unspecified atom stereocenters. The normalized spacial score (nSPS) is 17.3. The van der Waals surface area contributed by atoms with Crippen LogP contribution in [0.1, 0.15) is 12.8 Å². The van der Waals surface area contributed by atoms with Crippen LogP contribution < -0.4 is 10.5 Å². The van der Waals surface area contributed by atoms with Gasteiger partial charge in [0.05, 0.1) is 18.3 Å². The molecule has 0 N–H and O–H groups in total. The van der Waals surface area contributed by atoms with Crippen molar-refractivity contribution < 1.29 is 0 Å². The molecule has 0 spiro atoms. The van der Waals surface area contributed by atoms with Gasteiger partial charge in [-0.25, -0.2) is 9.67 Å². The third kappa shape index (κ3) is 2.94. The van der Waals surface area contributed by atoms with Gasteiger partial charge in [-0.05, 0) is 31.0 Å². The molecule has 1 atom stereocenters. The third-order valence-electron chi connectivity index (χ3n) is 4.25. The predicted molar refractivity (Wildman–Crippen MR) is 94.2 cm³/mol. The molecule has 3 aromatic rings. The van der Waals surface area contributed by atoms with Crippen molar-refractivity contribution in [3.05, 3.63) is 58.6 Å². The number of thiazole rings is 1. The molecule has 0 amide bonds. The Morgan fingerprint density at radius 2 is 2.21 bits per heavy atom. The summed E-state index contributed by atoms with van der Waals surface area (Å²) in [5, 5.41) is 7.55. The largest absolute Gasteiger partial charge is 0.343 e. The first-order valence-corrected chi connectivity index (χ1v) is 8.84. The number of anilines is 1. The van der Waals surface area contributed by atoms with Crippen LogP contribution in [0.3, 0.4) is 0 Å². The number of hydrogen-bond acceptors (Lipinski definition) is 6. The zero-order valence-corrected chi connectivity index (χ0v) is 13.9. The van der Waals surface area contributed by atoms with E-state index in [9.17, 15) is 4.79 Å². The van der Waals surface area contributed by atoms with Gasteiger partial charge >= 0.3 is 0 Å².